The highest BCUT2D eigenvalue weighted by atomic mass is 16.4. The summed E-state index contributed by atoms with van der Waals surface area (Å²) in [5.74, 6) is 1.70. The van der Waals surface area contributed by atoms with Crippen LogP contribution in [0.4, 0.5) is 6.01 Å². The zero-order chi connectivity index (χ0) is 19.1. The Morgan fingerprint density at radius 3 is 2.50 bits per heavy atom. The lowest BCUT2D eigenvalue weighted by Gasteiger charge is -2.33. The molecule has 0 bridgehead atoms. The molecule has 148 valence electrons. The molecule has 1 aromatic heterocycles. The Balaban J connectivity index is 1.13. The van der Waals surface area contributed by atoms with Crippen molar-refractivity contribution >= 4 is 11.9 Å². The highest BCUT2D eigenvalue weighted by Gasteiger charge is 2.45. The number of rotatable bonds is 5. The number of likely N-dealkylation sites (tertiary alicyclic amines) is 1. The summed E-state index contributed by atoms with van der Waals surface area (Å²) in [6.07, 6.45) is 7.08. The molecule has 3 aliphatic rings. The third-order valence-corrected chi connectivity index (χ3v) is 7.00. The standard InChI is InChI=1S/C22H28N4O2/c1-15(20(27)26-11-9-22(7-8-22)10-12-26)23-21-25-24-19(28-21)18-13-17(14-18)16-5-3-2-4-6-16/h2-6,15,17-18H,7-14H2,1H3,(H,23,25). The van der Waals surface area contributed by atoms with Crippen molar-refractivity contribution in [3.8, 4) is 0 Å². The number of nitrogens with zero attached hydrogens (tertiary/aromatic N) is 3. The van der Waals surface area contributed by atoms with Gasteiger partial charge in [0.25, 0.3) is 0 Å². The molecule has 2 aromatic rings. The number of hydrogen-bond donors (Lipinski definition) is 1. The van der Waals surface area contributed by atoms with E-state index in [0.717, 1.165) is 38.8 Å². The van der Waals surface area contributed by atoms with Crippen LogP contribution in [0.15, 0.2) is 34.7 Å². The molecule has 1 amide bonds. The maximum absolute atomic E-state index is 12.7. The van der Waals surface area contributed by atoms with Gasteiger partial charge in [0.05, 0.1) is 0 Å². The maximum Gasteiger partial charge on any atom is 0.316 e. The molecular formula is C22H28N4O2. The van der Waals surface area contributed by atoms with E-state index in [0.29, 0.717) is 29.2 Å². The van der Waals surface area contributed by atoms with Gasteiger partial charge in [-0.1, -0.05) is 35.4 Å². The lowest BCUT2D eigenvalue weighted by atomic mass is 9.71. The normalized spacial score (nSPS) is 26.5. The molecule has 0 radical (unpaired) electrons. The van der Waals surface area contributed by atoms with Gasteiger partial charge >= 0.3 is 6.01 Å². The Labute approximate surface area is 165 Å². The van der Waals surface area contributed by atoms with E-state index in [4.69, 9.17) is 4.42 Å². The van der Waals surface area contributed by atoms with Crippen LogP contribution in [0.1, 0.15) is 68.7 Å². The number of benzene rings is 1. The lowest BCUT2D eigenvalue weighted by molar-refractivity contribution is -0.133. The number of carbonyl (C=O) groups excluding carboxylic acids is 1. The third kappa shape index (κ3) is 3.40. The van der Waals surface area contributed by atoms with Gasteiger partial charge in [-0.25, -0.2) is 0 Å². The molecule has 1 aromatic carbocycles. The average molecular weight is 380 g/mol. The number of carbonyl (C=O) groups is 1. The molecule has 1 atom stereocenters. The van der Waals surface area contributed by atoms with Crippen molar-refractivity contribution in [3.05, 3.63) is 41.8 Å². The Morgan fingerprint density at radius 2 is 1.82 bits per heavy atom. The summed E-state index contributed by atoms with van der Waals surface area (Å²) >= 11 is 0. The molecule has 1 saturated heterocycles. The predicted molar refractivity (Wildman–Crippen MR) is 106 cm³/mol. The van der Waals surface area contributed by atoms with E-state index in [1.54, 1.807) is 0 Å². The molecule has 6 heteroatoms. The van der Waals surface area contributed by atoms with Crippen LogP contribution in [0.3, 0.4) is 0 Å². The Morgan fingerprint density at radius 1 is 1.11 bits per heavy atom. The van der Waals surface area contributed by atoms with Crippen LogP contribution >= 0.6 is 0 Å². The number of hydrogen-bond acceptors (Lipinski definition) is 5. The molecule has 1 aliphatic heterocycles. The minimum atomic E-state index is -0.347. The Kier molecular flexibility index (Phi) is 4.37. The molecule has 1 N–H and O–H groups in total. The molecule has 2 heterocycles. The van der Waals surface area contributed by atoms with E-state index < -0.39 is 0 Å². The molecule has 2 saturated carbocycles. The molecule has 3 fully saturated rings. The molecule has 5 rings (SSSR count). The van der Waals surface area contributed by atoms with Gasteiger partial charge in [0.1, 0.15) is 6.04 Å². The van der Waals surface area contributed by atoms with Crippen LogP contribution in [0, 0.1) is 5.41 Å². The van der Waals surface area contributed by atoms with E-state index >= 15 is 0 Å². The van der Waals surface area contributed by atoms with Crippen LogP contribution in [-0.2, 0) is 4.79 Å². The number of nitrogens with one attached hydrogen (secondary N) is 1. The van der Waals surface area contributed by atoms with Crippen molar-refractivity contribution in [1.82, 2.24) is 15.1 Å². The molecular weight excluding hydrogens is 352 g/mol. The second kappa shape index (κ2) is 6.90. The van der Waals surface area contributed by atoms with E-state index in [2.05, 4.69) is 39.8 Å². The first-order valence-electron chi connectivity index (χ1n) is 10.6. The van der Waals surface area contributed by atoms with Crippen molar-refractivity contribution < 1.29 is 9.21 Å². The van der Waals surface area contributed by atoms with Crippen molar-refractivity contribution in [1.29, 1.82) is 0 Å². The monoisotopic (exact) mass is 380 g/mol. The van der Waals surface area contributed by atoms with Crippen LogP contribution in [-0.4, -0.2) is 40.1 Å². The van der Waals surface area contributed by atoms with Crippen molar-refractivity contribution in [3.63, 3.8) is 0 Å². The van der Waals surface area contributed by atoms with Crippen LogP contribution in [0.25, 0.3) is 0 Å². The van der Waals surface area contributed by atoms with Crippen molar-refractivity contribution in [2.75, 3.05) is 18.4 Å². The van der Waals surface area contributed by atoms with Gasteiger partial charge < -0.3 is 14.6 Å². The smallest absolute Gasteiger partial charge is 0.316 e. The summed E-state index contributed by atoms with van der Waals surface area (Å²) in [4.78, 5) is 14.7. The second-order valence-corrected chi connectivity index (χ2v) is 8.91. The Hall–Kier alpha value is -2.37. The van der Waals surface area contributed by atoms with Crippen LogP contribution in [0.2, 0.25) is 0 Å². The molecule has 1 unspecified atom stereocenters. The van der Waals surface area contributed by atoms with Gasteiger partial charge in [0, 0.05) is 19.0 Å². The maximum atomic E-state index is 12.7. The van der Waals surface area contributed by atoms with E-state index in [1.165, 1.54) is 18.4 Å². The largest absolute Gasteiger partial charge is 0.408 e. The molecule has 6 nitrogen and oxygen atoms in total. The summed E-state index contributed by atoms with van der Waals surface area (Å²) < 4.78 is 5.82. The molecule has 2 aliphatic carbocycles. The first-order valence-corrected chi connectivity index (χ1v) is 10.6. The van der Waals surface area contributed by atoms with Gasteiger partial charge in [-0.05, 0) is 62.3 Å². The zero-order valence-corrected chi connectivity index (χ0v) is 16.4. The van der Waals surface area contributed by atoms with Gasteiger partial charge in [-0.3, -0.25) is 4.79 Å². The summed E-state index contributed by atoms with van der Waals surface area (Å²) in [6.45, 7) is 3.63. The van der Waals surface area contributed by atoms with Gasteiger partial charge in [0.15, 0.2) is 0 Å². The SMILES string of the molecule is CC(Nc1nnc(C2CC(c3ccccc3)C2)o1)C(=O)N1CCC2(CC1)CC2. The minimum Gasteiger partial charge on any atom is -0.408 e. The number of anilines is 1. The van der Waals surface area contributed by atoms with Gasteiger partial charge in [-0.2, -0.15) is 0 Å². The number of amides is 1. The van der Waals surface area contributed by atoms with E-state index in [1.807, 2.05) is 17.9 Å². The third-order valence-electron chi connectivity index (χ3n) is 7.00. The van der Waals surface area contributed by atoms with Crippen LogP contribution in [0.5, 0.6) is 0 Å². The fourth-order valence-electron chi connectivity index (χ4n) is 4.67. The fourth-order valence-corrected chi connectivity index (χ4v) is 4.67. The Bertz CT molecular complexity index is 829. The topological polar surface area (TPSA) is 71.3 Å². The summed E-state index contributed by atoms with van der Waals surface area (Å²) in [7, 11) is 0. The van der Waals surface area contributed by atoms with E-state index in [-0.39, 0.29) is 11.9 Å². The second-order valence-electron chi connectivity index (χ2n) is 8.91. The summed E-state index contributed by atoms with van der Waals surface area (Å²) in [5.41, 5.74) is 1.96. The molecule has 1 spiro atoms. The quantitative estimate of drug-likeness (QED) is 0.851. The average Bonchev–Trinajstić information content (AvgIpc) is 3.28. The summed E-state index contributed by atoms with van der Waals surface area (Å²) in [5, 5.41) is 11.4. The zero-order valence-electron chi connectivity index (χ0n) is 16.4. The van der Waals surface area contributed by atoms with E-state index in [9.17, 15) is 4.79 Å². The van der Waals surface area contributed by atoms with Gasteiger partial charge in [-0.15, -0.1) is 5.10 Å². The minimum absolute atomic E-state index is 0.128. The predicted octanol–water partition coefficient (Wildman–Crippen LogP) is 3.93. The highest BCUT2D eigenvalue weighted by Crippen LogP contribution is 2.53. The lowest BCUT2D eigenvalue weighted by Crippen LogP contribution is -2.45. The molecule has 28 heavy (non-hydrogen) atoms. The summed E-state index contributed by atoms with van der Waals surface area (Å²) in [6, 6.07) is 10.6. The first-order chi connectivity index (χ1) is 13.6. The van der Waals surface area contributed by atoms with Crippen LogP contribution < -0.4 is 5.32 Å². The first kappa shape index (κ1) is 17.7. The van der Waals surface area contributed by atoms with Crippen molar-refractivity contribution in [2.45, 2.75) is 63.3 Å². The number of aromatic nitrogens is 2. The fraction of sp³-hybridized carbons (Fsp3) is 0.591. The van der Waals surface area contributed by atoms with Crippen molar-refractivity contribution in [2.24, 2.45) is 5.41 Å². The number of piperidine rings is 1. The van der Waals surface area contributed by atoms with Gasteiger partial charge in [0.2, 0.25) is 11.8 Å². The highest BCUT2D eigenvalue weighted by molar-refractivity contribution is 5.83.